The van der Waals surface area contributed by atoms with Crippen LogP contribution in [-0.2, 0) is 14.9 Å². The fourth-order valence-electron chi connectivity index (χ4n) is 7.13. The van der Waals surface area contributed by atoms with Crippen LogP contribution in [-0.4, -0.2) is 67.1 Å². The van der Waals surface area contributed by atoms with Crippen molar-refractivity contribution in [1.82, 2.24) is 9.80 Å². The van der Waals surface area contributed by atoms with Crippen LogP contribution in [0.25, 0.3) is 0 Å². The summed E-state index contributed by atoms with van der Waals surface area (Å²) in [6.45, 7) is 9.71. The largest absolute Gasteiger partial charge is 0.427 e. The molecule has 1 saturated heterocycles. The number of ether oxygens (including phenoxy) is 2. The number of hydrogen-bond acceptors (Lipinski definition) is 5. The maximum atomic E-state index is 14.0. The normalized spacial score (nSPS) is 27.2. The number of benzene rings is 2. The van der Waals surface area contributed by atoms with Gasteiger partial charge in [-0.15, -0.1) is 0 Å². The Morgan fingerprint density at radius 3 is 2.54 bits per heavy atom. The molecule has 0 spiro atoms. The summed E-state index contributed by atoms with van der Waals surface area (Å²) in [5.74, 6) is 1.86. The minimum absolute atomic E-state index is 0.0290. The van der Waals surface area contributed by atoms with Gasteiger partial charge in [0.25, 0.3) is 5.91 Å². The predicted molar refractivity (Wildman–Crippen MR) is 153 cm³/mol. The monoisotopic (exact) mass is 532 g/mol. The van der Waals surface area contributed by atoms with E-state index in [-0.39, 0.29) is 29.4 Å². The van der Waals surface area contributed by atoms with Gasteiger partial charge in [-0.1, -0.05) is 44.2 Å². The smallest absolute Gasteiger partial charge is 0.308 e. The van der Waals surface area contributed by atoms with E-state index >= 15 is 0 Å². The fourth-order valence-corrected chi connectivity index (χ4v) is 7.13. The first-order valence-corrected chi connectivity index (χ1v) is 14.7. The molecule has 0 bridgehead atoms. The van der Waals surface area contributed by atoms with Crippen LogP contribution in [0.4, 0.5) is 0 Å². The molecule has 0 N–H and O–H groups in total. The minimum Gasteiger partial charge on any atom is -0.427 e. The average molecular weight is 533 g/mol. The summed E-state index contributed by atoms with van der Waals surface area (Å²) in [5.41, 5.74) is 1.76. The molecule has 2 saturated carbocycles. The van der Waals surface area contributed by atoms with Crippen LogP contribution < -0.4 is 4.74 Å². The van der Waals surface area contributed by atoms with Crippen molar-refractivity contribution in [3.05, 3.63) is 65.7 Å². The van der Waals surface area contributed by atoms with Gasteiger partial charge in [-0.05, 0) is 80.3 Å². The van der Waals surface area contributed by atoms with E-state index in [9.17, 15) is 9.59 Å². The summed E-state index contributed by atoms with van der Waals surface area (Å²) < 4.78 is 11.8. The second-order valence-corrected chi connectivity index (χ2v) is 12.4. The third kappa shape index (κ3) is 6.22. The van der Waals surface area contributed by atoms with Gasteiger partial charge in [0.05, 0.1) is 6.10 Å². The summed E-state index contributed by atoms with van der Waals surface area (Å²) in [6, 6.07) is 17.8. The second kappa shape index (κ2) is 11.8. The van der Waals surface area contributed by atoms with Crippen molar-refractivity contribution < 1.29 is 19.1 Å². The summed E-state index contributed by atoms with van der Waals surface area (Å²) in [6.07, 6.45) is 5.43. The summed E-state index contributed by atoms with van der Waals surface area (Å²) in [4.78, 5) is 30.5. The molecule has 210 valence electrons. The summed E-state index contributed by atoms with van der Waals surface area (Å²) in [7, 11) is 1.83. The first-order valence-electron chi connectivity index (χ1n) is 14.7. The highest BCUT2D eigenvalue weighted by atomic mass is 16.5. The Hall–Kier alpha value is -2.70. The van der Waals surface area contributed by atoms with Gasteiger partial charge in [-0.2, -0.15) is 0 Å². The van der Waals surface area contributed by atoms with Gasteiger partial charge in [-0.3, -0.25) is 9.59 Å². The van der Waals surface area contributed by atoms with E-state index in [1.54, 1.807) is 0 Å². The molecule has 2 aromatic rings. The van der Waals surface area contributed by atoms with Gasteiger partial charge in [-0.25, -0.2) is 0 Å². The molecule has 4 atom stereocenters. The lowest BCUT2D eigenvalue weighted by Crippen LogP contribution is -2.62. The van der Waals surface area contributed by atoms with Crippen molar-refractivity contribution >= 4 is 11.9 Å². The molecule has 0 radical (unpaired) electrons. The highest BCUT2D eigenvalue weighted by molar-refractivity contribution is 5.94. The topological polar surface area (TPSA) is 59.1 Å². The molecule has 1 amide bonds. The predicted octanol–water partition coefficient (Wildman–Crippen LogP) is 5.56. The minimum atomic E-state index is -0.312. The number of likely N-dealkylation sites (tertiary alicyclic amines) is 1. The zero-order chi connectivity index (χ0) is 27.6. The van der Waals surface area contributed by atoms with Crippen molar-refractivity contribution in [2.45, 2.75) is 70.4 Å². The molecule has 3 aliphatic rings. The lowest BCUT2D eigenvalue weighted by Gasteiger charge is -2.57. The molecule has 0 aromatic heterocycles. The van der Waals surface area contributed by atoms with Crippen LogP contribution in [0.2, 0.25) is 0 Å². The van der Waals surface area contributed by atoms with Gasteiger partial charge in [0.1, 0.15) is 5.75 Å². The Bertz CT molecular complexity index is 1150. The summed E-state index contributed by atoms with van der Waals surface area (Å²) >= 11 is 0. The molecule has 1 aliphatic heterocycles. The lowest BCUT2D eigenvalue weighted by atomic mass is 9.56. The molecule has 1 heterocycles. The first kappa shape index (κ1) is 27.9. The van der Waals surface area contributed by atoms with Gasteiger partial charge < -0.3 is 19.3 Å². The van der Waals surface area contributed by atoms with E-state index < -0.39 is 0 Å². The Morgan fingerprint density at radius 1 is 1.10 bits per heavy atom. The van der Waals surface area contributed by atoms with Crippen molar-refractivity contribution in [3.8, 4) is 5.75 Å². The molecule has 5 rings (SSSR count). The number of esters is 1. The SMILES string of the molecule is COC1C[C@@H](N(CC(C)C)C(=O)c2ccccc2)C[C@]2(c3cccc(OC(C)=O)c3)CCN(CC3CC3)C[C@@H]12. The molecular formula is C33H44N2O4. The van der Waals surface area contributed by atoms with E-state index in [1.807, 2.05) is 49.6 Å². The number of amides is 1. The molecule has 6 heteroatoms. The van der Waals surface area contributed by atoms with Gasteiger partial charge >= 0.3 is 5.97 Å². The number of piperidine rings is 1. The van der Waals surface area contributed by atoms with Crippen LogP contribution in [0, 0.1) is 17.8 Å². The molecular weight excluding hydrogens is 488 g/mol. The van der Waals surface area contributed by atoms with Crippen LogP contribution in [0.3, 0.4) is 0 Å². The number of methoxy groups -OCH3 is 1. The quantitative estimate of drug-likeness (QED) is 0.313. The zero-order valence-electron chi connectivity index (χ0n) is 24.0. The van der Waals surface area contributed by atoms with Crippen molar-refractivity contribution in [3.63, 3.8) is 0 Å². The second-order valence-electron chi connectivity index (χ2n) is 12.4. The van der Waals surface area contributed by atoms with Gasteiger partial charge in [0.15, 0.2) is 0 Å². The maximum Gasteiger partial charge on any atom is 0.308 e. The van der Waals surface area contributed by atoms with Gasteiger partial charge in [0.2, 0.25) is 0 Å². The third-order valence-corrected chi connectivity index (χ3v) is 9.06. The average Bonchev–Trinajstić information content (AvgIpc) is 3.75. The lowest BCUT2D eigenvalue weighted by molar-refractivity contribution is -0.131. The number of rotatable bonds is 9. The van der Waals surface area contributed by atoms with E-state index in [2.05, 4.69) is 35.8 Å². The van der Waals surface area contributed by atoms with E-state index in [1.165, 1.54) is 31.9 Å². The fraction of sp³-hybridized carbons (Fsp3) is 0.576. The van der Waals surface area contributed by atoms with E-state index in [0.717, 1.165) is 43.8 Å². The van der Waals surface area contributed by atoms with Crippen LogP contribution in [0.15, 0.2) is 54.6 Å². The van der Waals surface area contributed by atoms with Crippen LogP contribution in [0.5, 0.6) is 5.75 Å². The van der Waals surface area contributed by atoms with E-state index in [0.29, 0.717) is 24.1 Å². The third-order valence-electron chi connectivity index (χ3n) is 9.06. The van der Waals surface area contributed by atoms with Crippen molar-refractivity contribution in [2.24, 2.45) is 17.8 Å². The number of hydrogen-bond donors (Lipinski definition) is 0. The van der Waals surface area contributed by atoms with Crippen molar-refractivity contribution in [1.29, 1.82) is 0 Å². The standard InChI is InChI=1S/C33H44N2O4/c1-23(2)20-35(32(37)26-9-6-5-7-10-26)28-18-31(38-4)30-22-34(21-25-13-14-25)16-15-33(30,19-28)27-11-8-12-29(17-27)39-24(3)36/h5-12,17,23,25,28,30-31H,13-16,18-22H2,1-4H3/t28-,30+,31?,33+/m1/s1. The van der Waals surface area contributed by atoms with Crippen LogP contribution in [0.1, 0.15) is 68.8 Å². The van der Waals surface area contributed by atoms with Gasteiger partial charge in [0, 0.05) is 56.6 Å². The van der Waals surface area contributed by atoms with Crippen LogP contribution >= 0.6 is 0 Å². The highest BCUT2D eigenvalue weighted by Crippen LogP contribution is 2.52. The molecule has 39 heavy (non-hydrogen) atoms. The number of nitrogens with zero attached hydrogens (tertiary/aromatic N) is 2. The maximum absolute atomic E-state index is 14.0. The van der Waals surface area contributed by atoms with Crippen molar-refractivity contribution in [2.75, 3.05) is 33.3 Å². The molecule has 3 fully saturated rings. The Balaban J connectivity index is 1.53. The van der Waals surface area contributed by atoms with E-state index in [4.69, 9.17) is 9.47 Å². The number of carbonyl (C=O) groups is 2. The number of fused-ring (bicyclic) bond motifs is 1. The highest BCUT2D eigenvalue weighted by Gasteiger charge is 2.54. The number of carbonyl (C=O) groups excluding carboxylic acids is 2. The molecule has 2 aromatic carbocycles. The molecule has 6 nitrogen and oxygen atoms in total. The molecule has 2 aliphatic carbocycles. The Labute approximate surface area is 233 Å². The molecule has 1 unspecified atom stereocenters. The zero-order valence-corrected chi connectivity index (χ0v) is 24.0. The Morgan fingerprint density at radius 2 is 1.87 bits per heavy atom. The first-order chi connectivity index (χ1) is 18.8. The summed E-state index contributed by atoms with van der Waals surface area (Å²) in [5, 5.41) is 0. The Kier molecular flexibility index (Phi) is 8.43.